The van der Waals surface area contributed by atoms with Gasteiger partial charge in [0.15, 0.2) is 0 Å². The van der Waals surface area contributed by atoms with Gasteiger partial charge in [-0.2, -0.15) is 0 Å². The second-order valence-electron chi connectivity index (χ2n) is 4.90. The minimum Gasteiger partial charge on any atom is -0.465 e. The first-order valence-electron chi connectivity index (χ1n) is 6.60. The van der Waals surface area contributed by atoms with Crippen LogP contribution in [0.5, 0.6) is 0 Å². The van der Waals surface area contributed by atoms with E-state index in [0.29, 0.717) is 17.0 Å². The fourth-order valence-corrected chi connectivity index (χ4v) is 2.90. The molecular formula is C14H22N2O3S. The van der Waals surface area contributed by atoms with E-state index in [9.17, 15) is 9.59 Å². The number of hydrogen-bond acceptors (Lipinski definition) is 5. The molecule has 112 valence electrons. The van der Waals surface area contributed by atoms with Crippen molar-refractivity contribution in [3.63, 3.8) is 0 Å². The molecule has 1 aromatic heterocycles. The van der Waals surface area contributed by atoms with E-state index < -0.39 is 5.97 Å². The van der Waals surface area contributed by atoms with Gasteiger partial charge in [0.05, 0.1) is 12.7 Å². The van der Waals surface area contributed by atoms with Crippen LogP contribution in [0.15, 0.2) is 0 Å². The van der Waals surface area contributed by atoms with Crippen LogP contribution in [0.3, 0.4) is 0 Å². The summed E-state index contributed by atoms with van der Waals surface area (Å²) in [5.74, 6) is -0.519. The van der Waals surface area contributed by atoms with E-state index >= 15 is 0 Å². The quantitative estimate of drug-likeness (QED) is 0.791. The normalized spacial score (nSPS) is 12.1. The van der Waals surface area contributed by atoms with Crippen LogP contribution in [-0.2, 0) is 9.53 Å². The van der Waals surface area contributed by atoms with Gasteiger partial charge >= 0.3 is 5.97 Å². The molecule has 1 atom stereocenters. The van der Waals surface area contributed by atoms with Crippen molar-refractivity contribution in [2.45, 2.75) is 46.1 Å². The molecule has 5 nitrogen and oxygen atoms in total. The van der Waals surface area contributed by atoms with Crippen molar-refractivity contribution in [2.75, 3.05) is 12.4 Å². The SMILES string of the molecule is COC(=O)c1c(NC(=O)CCCC(C)N)sc(C)c1C. The molecule has 3 N–H and O–H groups in total. The number of hydrogen-bond donors (Lipinski definition) is 2. The smallest absolute Gasteiger partial charge is 0.341 e. The summed E-state index contributed by atoms with van der Waals surface area (Å²) in [4.78, 5) is 24.6. The highest BCUT2D eigenvalue weighted by Gasteiger charge is 2.21. The second kappa shape index (κ2) is 7.40. The van der Waals surface area contributed by atoms with E-state index in [1.165, 1.54) is 18.4 Å². The molecule has 0 aromatic carbocycles. The van der Waals surface area contributed by atoms with Crippen LogP contribution in [0.2, 0.25) is 0 Å². The van der Waals surface area contributed by atoms with E-state index in [2.05, 4.69) is 5.32 Å². The molecule has 1 heterocycles. The number of esters is 1. The van der Waals surface area contributed by atoms with E-state index in [1.54, 1.807) is 0 Å². The summed E-state index contributed by atoms with van der Waals surface area (Å²) in [6.07, 6.45) is 1.94. The number of anilines is 1. The first-order valence-corrected chi connectivity index (χ1v) is 7.42. The zero-order valence-corrected chi connectivity index (χ0v) is 13.2. The van der Waals surface area contributed by atoms with E-state index in [-0.39, 0.29) is 11.9 Å². The Morgan fingerprint density at radius 3 is 2.60 bits per heavy atom. The molecule has 0 fully saturated rings. The zero-order chi connectivity index (χ0) is 15.3. The maximum atomic E-state index is 11.9. The Balaban J connectivity index is 2.74. The van der Waals surface area contributed by atoms with Crippen LogP contribution in [0.1, 0.15) is 47.0 Å². The Morgan fingerprint density at radius 2 is 2.05 bits per heavy atom. The van der Waals surface area contributed by atoms with Crippen molar-refractivity contribution < 1.29 is 14.3 Å². The average Bonchev–Trinajstić information content (AvgIpc) is 2.63. The van der Waals surface area contributed by atoms with Crippen molar-refractivity contribution >= 4 is 28.2 Å². The number of aryl methyl sites for hydroxylation is 1. The summed E-state index contributed by atoms with van der Waals surface area (Å²) in [5.41, 5.74) is 6.95. The predicted octanol–water partition coefficient (Wildman–Crippen LogP) is 2.61. The lowest BCUT2D eigenvalue weighted by Gasteiger charge is -2.07. The van der Waals surface area contributed by atoms with Crippen LogP contribution >= 0.6 is 11.3 Å². The minimum absolute atomic E-state index is 0.0969. The molecule has 0 radical (unpaired) electrons. The monoisotopic (exact) mass is 298 g/mol. The third-order valence-electron chi connectivity index (χ3n) is 3.09. The van der Waals surface area contributed by atoms with Gasteiger partial charge in [-0.3, -0.25) is 4.79 Å². The minimum atomic E-state index is -0.419. The molecule has 0 spiro atoms. The topological polar surface area (TPSA) is 81.4 Å². The van der Waals surface area contributed by atoms with Gasteiger partial charge in [-0.1, -0.05) is 0 Å². The summed E-state index contributed by atoms with van der Waals surface area (Å²) < 4.78 is 4.77. The van der Waals surface area contributed by atoms with Crippen molar-refractivity contribution in [2.24, 2.45) is 5.73 Å². The summed E-state index contributed by atoms with van der Waals surface area (Å²) in [6, 6.07) is 0.0969. The number of nitrogens with two attached hydrogens (primary N) is 1. The van der Waals surface area contributed by atoms with Crippen molar-refractivity contribution in [1.82, 2.24) is 0 Å². The van der Waals surface area contributed by atoms with Gasteiger partial charge in [0.2, 0.25) is 5.91 Å². The lowest BCUT2D eigenvalue weighted by atomic mass is 10.1. The van der Waals surface area contributed by atoms with Crippen molar-refractivity contribution in [3.8, 4) is 0 Å². The second-order valence-corrected chi connectivity index (χ2v) is 6.12. The van der Waals surface area contributed by atoms with Gasteiger partial charge in [0.1, 0.15) is 5.00 Å². The van der Waals surface area contributed by atoms with Gasteiger partial charge < -0.3 is 15.8 Å². The zero-order valence-electron chi connectivity index (χ0n) is 12.4. The van der Waals surface area contributed by atoms with E-state index in [4.69, 9.17) is 10.5 Å². The first kappa shape index (κ1) is 16.7. The summed E-state index contributed by atoms with van der Waals surface area (Å²) in [7, 11) is 1.34. The number of rotatable bonds is 6. The molecule has 20 heavy (non-hydrogen) atoms. The van der Waals surface area contributed by atoms with Crippen LogP contribution in [-0.4, -0.2) is 25.0 Å². The molecule has 0 saturated heterocycles. The predicted molar refractivity (Wildman–Crippen MR) is 81.3 cm³/mol. The molecule has 0 aliphatic carbocycles. The third-order valence-corrected chi connectivity index (χ3v) is 4.21. The lowest BCUT2D eigenvalue weighted by molar-refractivity contribution is -0.116. The van der Waals surface area contributed by atoms with Gasteiger partial charge in [0, 0.05) is 17.3 Å². The average molecular weight is 298 g/mol. The Hall–Kier alpha value is -1.40. The van der Waals surface area contributed by atoms with Crippen LogP contribution in [0, 0.1) is 13.8 Å². The molecule has 6 heteroatoms. The molecule has 0 saturated carbocycles. The molecule has 0 aliphatic rings. The fraction of sp³-hybridized carbons (Fsp3) is 0.571. The Kier molecular flexibility index (Phi) is 6.16. The molecule has 1 amide bonds. The highest BCUT2D eigenvalue weighted by atomic mass is 32.1. The molecule has 0 aliphatic heterocycles. The molecule has 1 rings (SSSR count). The maximum absolute atomic E-state index is 11.9. The van der Waals surface area contributed by atoms with Crippen LogP contribution in [0.4, 0.5) is 5.00 Å². The van der Waals surface area contributed by atoms with E-state index in [1.807, 2.05) is 20.8 Å². The van der Waals surface area contributed by atoms with Crippen LogP contribution < -0.4 is 11.1 Å². The van der Waals surface area contributed by atoms with Gasteiger partial charge in [-0.25, -0.2) is 4.79 Å². The van der Waals surface area contributed by atoms with E-state index in [0.717, 1.165) is 23.3 Å². The Morgan fingerprint density at radius 1 is 1.40 bits per heavy atom. The molecule has 1 aromatic rings. The number of carbonyl (C=O) groups excluding carboxylic acids is 2. The van der Waals surface area contributed by atoms with Gasteiger partial charge in [-0.05, 0) is 39.2 Å². The number of ether oxygens (including phenoxy) is 1. The standard InChI is InChI=1S/C14H22N2O3S/c1-8(15)6-5-7-11(17)16-13-12(14(18)19-4)9(2)10(3)20-13/h8H,5-7,15H2,1-4H3,(H,16,17). The molecule has 1 unspecified atom stereocenters. The fourth-order valence-electron chi connectivity index (χ4n) is 1.84. The van der Waals surface area contributed by atoms with Crippen molar-refractivity contribution in [3.05, 3.63) is 16.0 Å². The number of carbonyl (C=O) groups is 2. The first-order chi connectivity index (χ1) is 9.36. The van der Waals surface area contributed by atoms with Gasteiger partial charge in [-0.15, -0.1) is 11.3 Å². The number of amides is 1. The number of thiophene rings is 1. The van der Waals surface area contributed by atoms with Crippen LogP contribution in [0.25, 0.3) is 0 Å². The molecular weight excluding hydrogens is 276 g/mol. The number of methoxy groups -OCH3 is 1. The maximum Gasteiger partial charge on any atom is 0.341 e. The summed E-state index contributed by atoms with van der Waals surface area (Å²) >= 11 is 1.40. The molecule has 0 bridgehead atoms. The lowest BCUT2D eigenvalue weighted by Crippen LogP contribution is -2.17. The summed E-state index contributed by atoms with van der Waals surface area (Å²) in [5, 5.41) is 3.37. The van der Waals surface area contributed by atoms with Crippen molar-refractivity contribution in [1.29, 1.82) is 0 Å². The summed E-state index contributed by atoms with van der Waals surface area (Å²) in [6.45, 7) is 5.68. The largest absolute Gasteiger partial charge is 0.465 e. The Labute approximate surface area is 123 Å². The third kappa shape index (κ3) is 4.31. The highest BCUT2D eigenvalue weighted by molar-refractivity contribution is 7.16. The van der Waals surface area contributed by atoms with Gasteiger partial charge in [0.25, 0.3) is 0 Å². The highest BCUT2D eigenvalue weighted by Crippen LogP contribution is 2.33. The Bertz CT molecular complexity index is 495. The number of nitrogens with one attached hydrogen (secondary N) is 1.